The van der Waals surface area contributed by atoms with Crippen molar-refractivity contribution in [2.45, 2.75) is 38.8 Å². The van der Waals surface area contributed by atoms with Crippen LogP contribution in [0, 0.1) is 5.92 Å². The topological polar surface area (TPSA) is 48.4 Å². The number of aryl methyl sites for hydroxylation is 1. The first kappa shape index (κ1) is 10.7. The van der Waals surface area contributed by atoms with Crippen molar-refractivity contribution >= 4 is 0 Å². The molecular formula is C12H19NO2. The van der Waals surface area contributed by atoms with Gasteiger partial charge in [-0.05, 0) is 25.5 Å². The van der Waals surface area contributed by atoms with Crippen LogP contribution in [0.5, 0.6) is 0 Å². The summed E-state index contributed by atoms with van der Waals surface area (Å²) in [6, 6.07) is 3.98. The van der Waals surface area contributed by atoms with Crippen molar-refractivity contribution in [2.75, 3.05) is 6.61 Å². The van der Waals surface area contributed by atoms with Gasteiger partial charge in [-0.15, -0.1) is 0 Å². The van der Waals surface area contributed by atoms with Crippen molar-refractivity contribution in [2.24, 2.45) is 11.7 Å². The van der Waals surface area contributed by atoms with Gasteiger partial charge < -0.3 is 14.9 Å². The van der Waals surface area contributed by atoms with E-state index in [1.807, 2.05) is 12.1 Å². The number of hydrogen-bond donors (Lipinski definition) is 1. The molecule has 2 N–H and O–H groups in total. The molecule has 0 saturated carbocycles. The van der Waals surface area contributed by atoms with E-state index in [2.05, 4.69) is 13.8 Å². The lowest BCUT2D eigenvalue weighted by Crippen LogP contribution is -2.26. The van der Waals surface area contributed by atoms with E-state index in [0.29, 0.717) is 5.92 Å². The second-order valence-corrected chi connectivity index (χ2v) is 4.21. The van der Waals surface area contributed by atoms with Crippen LogP contribution in [0.25, 0.3) is 0 Å². The lowest BCUT2D eigenvalue weighted by atomic mass is 9.92. The fraction of sp³-hybridized carbons (Fsp3) is 0.667. The molecule has 3 unspecified atom stereocenters. The Morgan fingerprint density at radius 1 is 1.53 bits per heavy atom. The minimum atomic E-state index is -0.0252. The molecule has 0 spiro atoms. The molecule has 3 atom stereocenters. The highest BCUT2D eigenvalue weighted by molar-refractivity contribution is 5.12. The summed E-state index contributed by atoms with van der Waals surface area (Å²) in [6.45, 7) is 4.98. The molecule has 1 aromatic heterocycles. The molecule has 0 aromatic carbocycles. The van der Waals surface area contributed by atoms with Crippen LogP contribution in [0.15, 0.2) is 16.5 Å². The standard InChI is InChI=1S/C12H19NO2/c1-3-9-4-5-11(15-9)12(13)10-6-7-14-8(10)2/h4-5,8,10,12H,3,6-7,13H2,1-2H3. The van der Waals surface area contributed by atoms with E-state index in [1.54, 1.807) is 0 Å². The Bertz CT molecular complexity index is 321. The predicted molar refractivity (Wildman–Crippen MR) is 58.5 cm³/mol. The average molecular weight is 209 g/mol. The molecule has 1 aliphatic rings. The third-order valence-corrected chi connectivity index (χ3v) is 3.26. The van der Waals surface area contributed by atoms with E-state index in [4.69, 9.17) is 14.9 Å². The molecule has 1 saturated heterocycles. The van der Waals surface area contributed by atoms with E-state index in [9.17, 15) is 0 Å². The maximum absolute atomic E-state index is 6.18. The Balaban J connectivity index is 2.09. The molecule has 0 radical (unpaired) electrons. The van der Waals surface area contributed by atoms with Gasteiger partial charge in [0.1, 0.15) is 11.5 Å². The summed E-state index contributed by atoms with van der Waals surface area (Å²) in [5.74, 6) is 2.29. The monoisotopic (exact) mass is 209 g/mol. The number of rotatable bonds is 3. The molecular weight excluding hydrogens is 190 g/mol. The Labute approximate surface area is 90.6 Å². The quantitative estimate of drug-likeness (QED) is 0.830. The maximum atomic E-state index is 6.18. The Kier molecular flexibility index (Phi) is 3.12. The van der Waals surface area contributed by atoms with Gasteiger partial charge in [0, 0.05) is 18.9 Å². The lowest BCUT2D eigenvalue weighted by Gasteiger charge is -2.19. The summed E-state index contributed by atoms with van der Waals surface area (Å²) < 4.78 is 11.2. The largest absolute Gasteiger partial charge is 0.464 e. The fourth-order valence-corrected chi connectivity index (χ4v) is 2.19. The molecule has 15 heavy (non-hydrogen) atoms. The molecule has 0 amide bonds. The van der Waals surface area contributed by atoms with Crippen LogP contribution in [0.3, 0.4) is 0 Å². The minimum Gasteiger partial charge on any atom is -0.464 e. The molecule has 1 aliphatic heterocycles. The first-order valence-corrected chi connectivity index (χ1v) is 5.68. The number of nitrogens with two attached hydrogens (primary N) is 1. The van der Waals surface area contributed by atoms with Crippen LogP contribution < -0.4 is 5.73 Å². The second-order valence-electron chi connectivity index (χ2n) is 4.21. The van der Waals surface area contributed by atoms with Gasteiger partial charge in [-0.2, -0.15) is 0 Å². The van der Waals surface area contributed by atoms with Crippen LogP contribution >= 0.6 is 0 Å². The summed E-state index contributed by atoms with van der Waals surface area (Å²) in [5, 5.41) is 0. The third-order valence-electron chi connectivity index (χ3n) is 3.26. The zero-order chi connectivity index (χ0) is 10.8. The predicted octanol–water partition coefficient (Wildman–Crippen LogP) is 2.27. The Hall–Kier alpha value is -0.800. The summed E-state index contributed by atoms with van der Waals surface area (Å²) in [4.78, 5) is 0. The molecule has 3 nitrogen and oxygen atoms in total. The highest BCUT2D eigenvalue weighted by Crippen LogP contribution is 2.32. The molecule has 0 bridgehead atoms. The molecule has 2 rings (SSSR count). The molecule has 3 heteroatoms. The van der Waals surface area contributed by atoms with Crippen LogP contribution in [0.4, 0.5) is 0 Å². The van der Waals surface area contributed by atoms with Crippen LogP contribution in [-0.4, -0.2) is 12.7 Å². The Morgan fingerprint density at radius 2 is 2.33 bits per heavy atom. The van der Waals surface area contributed by atoms with Crippen LogP contribution in [0.1, 0.15) is 37.8 Å². The summed E-state index contributed by atoms with van der Waals surface area (Å²) in [6.07, 6.45) is 2.20. The van der Waals surface area contributed by atoms with Gasteiger partial charge in [-0.3, -0.25) is 0 Å². The van der Waals surface area contributed by atoms with E-state index < -0.39 is 0 Å². The van der Waals surface area contributed by atoms with Crippen LogP contribution in [-0.2, 0) is 11.2 Å². The molecule has 84 valence electrons. The van der Waals surface area contributed by atoms with Crippen molar-refractivity contribution in [3.63, 3.8) is 0 Å². The Morgan fingerprint density at radius 3 is 2.87 bits per heavy atom. The smallest absolute Gasteiger partial charge is 0.121 e. The summed E-state index contributed by atoms with van der Waals surface area (Å²) in [7, 11) is 0. The second kappa shape index (κ2) is 4.37. The van der Waals surface area contributed by atoms with Gasteiger partial charge in [0.05, 0.1) is 12.1 Å². The number of ether oxygens (including phenoxy) is 1. The molecule has 1 aromatic rings. The van der Waals surface area contributed by atoms with Crippen molar-refractivity contribution < 1.29 is 9.15 Å². The molecule has 1 fully saturated rings. The molecule has 0 aliphatic carbocycles. The van der Waals surface area contributed by atoms with Crippen molar-refractivity contribution in [1.82, 2.24) is 0 Å². The van der Waals surface area contributed by atoms with Gasteiger partial charge in [0.15, 0.2) is 0 Å². The highest BCUT2D eigenvalue weighted by Gasteiger charge is 2.32. The van der Waals surface area contributed by atoms with Gasteiger partial charge in [0.25, 0.3) is 0 Å². The fourth-order valence-electron chi connectivity index (χ4n) is 2.19. The van der Waals surface area contributed by atoms with Gasteiger partial charge in [0.2, 0.25) is 0 Å². The number of hydrogen-bond acceptors (Lipinski definition) is 3. The average Bonchev–Trinajstić information content (AvgIpc) is 2.84. The third kappa shape index (κ3) is 2.08. The van der Waals surface area contributed by atoms with E-state index >= 15 is 0 Å². The lowest BCUT2D eigenvalue weighted by molar-refractivity contribution is 0.0971. The van der Waals surface area contributed by atoms with Crippen molar-refractivity contribution in [1.29, 1.82) is 0 Å². The van der Waals surface area contributed by atoms with Crippen molar-refractivity contribution in [3.05, 3.63) is 23.7 Å². The summed E-state index contributed by atoms with van der Waals surface area (Å²) >= 11 is 0. The van der Waals surface area contributed by atoms with Gasteiger partial charge in [-0.25, -0.2) is 0 Å². The zero-order valence-electron chi connectivity index (χ0n) is 9.40. The van der Waals surface area contributed by atoms with E-state index in [-0.39, 0.29) is 12.1 Å². The van der Waals surface area contributed by atoms with Crippen LogP contribution in [0.2, 0.25) is 0 Å². The normalized spacial score (nSPS) is 28.2. The zero-order valence-corrected chi connectivity index (χ0v) is 9.40. The highest BCUT2D eigenvalue weighted by atomic mass is 16.5. The maximum Gasteiger partial charge on any atom is 0.121 e. The minimum absolute atomic E-state index is 0.0252. The van der Waals surface area contributed by atoms with E-state index in [0.717, 1.165) is 31.0 Å². The van der Waals surface area contributed by atoms with E-state index in [1.165, 1.54) is 0 Å². The SMILES string of the molecule is CCc1ccc(C(N)C2CCOC2C)o1. The van der Waals surface area contributed by atoms with Gasteiger partial charge in [-0.1, -0.05) is 6.92 Å². The summed E-state index contributed by atoms with van der Waals surface area (Å²) in [5.41, 5.74) is 6.18. The number of furan rings is 1. The van der Waals surface area contributed by atoms with Gasteiger partial charge >= 0.3 is 0 Å². The molecule has 2 heterocycles. The van der Waals surface area contributed by atoms with Crippen molar-refractivity contribution in [3.8, 4) is 0 Å². The first-order chi connectivity index (χ1) is 7.22. The first-order valence-electron chi connectivity index (χ1n) is 5.68.